The second kappa shape index (κ2) is 4.65. The van der Waals surface area contributed by atoms with Gasteiger partial charge in [0.15, 0.2) is 0 Å². The number of dihydropyridines is 1. The van der Waals surface area contributed by atoms with Gasteiger partial charge in [0.05, 0.1) is 29.0 Å². The van der Waals surface area contributed by atoms with Crippen LogP contribution in [0.3, 0.4) is 0 Å². The van der Waals surface area contributed by atoms with Crippen LogP contribution in [0, 0.1) is 22.7 Å². The normalized spacial score (nSPS) is 14.8. The molecule has 1 aromatic carbocycles. The zero-order chi connectivity index (χ0) is 13.1. The molecule has 0 fully saturated rings. The van der Waals surface area contributed by atoms with E-state index in [4.69, 9.17) is 10.5 Å². The first-order chi connectivity index (χ1) is 8.65. The largest absolute Gasteiger partial charge is 0.508 e. The third-order valence-corrected chi connectivity index (χ3v) is 2.85. The van der Waals surface area contributed by atoms with Crippen LogP contribution in [0.2, 0.25) is 0 Å². The van der Waals surface area contributed by atoms with Crippen LogP contribution >= 0.6 is 0 Å². The highest BCUT2D eigenvalue weighted by atomic mass is 16.3. The topological polar surface area (TPSA) is 79.8 Å². The number of allylic oxidation sites excluding steroid dienone is 3. The minimum absolute atomic E-state index is 0.179. The summed E-state index contributed by atoms with van der Waals surface area (Å²) in [7, 11) is 0. The van der Waals surface area contributed by atoms with Gasteiger partial charge in [-0.1, -0.05) is 0 Å². The number of hydrogen-bond acceptors (Lipinski definition) is 4. The maximum Gasteiger partial charge on any atom is 0.115 e. The van der Waals surface area contributed by atoms with Crippen LogP contribution in [0.15, 0.2) is 41.1 Å². The summed E-state index contributed by atoms with van der Waals surface area (Å²) in [4.78, 5) is 0. The summed E-state index contributed by atoms with van der Waals surface area (Å²) in [5.41, 5.74) is 3.39. The molecule has 0 saturated carbocycles. The van der Waals surface area contributed by atoms with Gasteiger partial charge in [0.2, 0.25) is 0 Å². The molecule has 1 aliphatic heterocycles. The van der Waals surface area contributed by atoms with Crippen LogP contribution in [0.5, 0.6) is 5.75 Å². The first-order valence-corrected chi connectivity index (χ1v) is 5.45. The fourth-order valence-corrected chi connectivity index (χ4v) is 1.83. The van der Waals surface area contributed by atoms with Gasteiger partial charge in [-0.25, -0.2) is 0 Å². The van der Waals surface area contributed by atoms with Gasteiger partial charge in [-0.05, 0) is 36.8 Å². The average molecular weight is 237 g/mol. The zero-order valence-corrected chi connectivity index (χ0v) is 9.86. The van der Waals surface area contributed by atoms with Crippen molar-refractivity contribution in [3.05, 3.63) is 46.7 Å². The van der Waals surface area contributed by atoms with Gasteiger partial charge in [-0.2, -0.15) is 10.5 Å². The molecule has 0 aliphatic carbocycles. The molecule has 0 unspecified atom stereocenters. The molecule has 2 rings (SSSR count). The first-order valence-electron chi connectivity index (χ1n) is 5.45. The Morgan fingerprint density at radius 1 is 1.11 bits per heavy atom. The van der Waals surface area contributed by atoms with E-state index < -0.39 is 0 Å². The number of nitriles is 2. The number of phenols is 1. The van der Waals surface area contributed by atoms with Crippen molar-refractivity contribution >= 4 is 5.70 Å². The molecular weight excluding hydrogens is 226 g/mol. The summed E-state index contributed by atoms with van der Waals surface area (Å²) in [6, 6.07) is 10.8. The molecule has 0 saturated heterocycles. The number of nitrogens with zero attached hydrogens (tertiary/aromatic N) is 2. The van der Waals surface area contributed by atoms with Crippen LogP contribution in [-0.4, -0.2) is 5.11 Å². The van der Waals surface area contributed by atoms with Gasteiger partial charge < -0.3 is 10.4 Å². The average Bonchev–Trinajstić information content (AvgIpc) is 2.39. The predicted octanol–water partition coefficient (Wildman–Crippen LogP) is 2.42. The Morgan fingerprint density at radius 2 is 1.72 bits per heavy atom. The lowest BCUT2D eigenvalue weighted by molar-refractivity contribution is 0.475. The van der Waals surface area contributed by atoms with Gasteiger partial charge in [0.25, 0.3) is 0 Å². The van der Waals surface area contributed by atoms with Crippen molar-refractivity contribution in [1.82, 2.24) is 5.32 Å². The highest BCUT2D eigenvalue weighted by molar-refractivity contribution is 5.74. The molecule has 4 nitrogen and oxygen atoms in total. The third kappa shape index (κ3) is 2.05. The summed E-state index contributed by atoms with van der Waals surface area (Å²) in [5.74, 6) is 0.179. The first kappa shape index (κ1) is 11.8. The van der Waals surface area contributed by atoms with E-state index in [1.165, 1.54) is 0 Å². The smallest absolute Gasteiger partial charge is 0.115 e. The van der Waals surface area contributed by atoms with Crippen molar-refractivity contribution in [2.75, 3.05) is 0 Å². The van der Waals surface area contributed by atoms with E-state index in [0.717, 1.165) is 11.3 Å². The Morgan fingerprint density at radius 3 is 2.28 bits per heavy atom. The molecule has 0 aromatic heterocycles. The van der Waals surface area contributed by atoms with E-state index in [0.29, 0.717) is 23.3 Å². The number of phenolic OH excluding ortho intramolecular Hbond substituents is 1. The standard InChI is InChI=1S/C14H11N3O/c1-9-11(7-15)6-12(8-16)14(17-9)10-2-4-13(18)5-3-10/h2-5,17-18H,6H2,1H3. The van der Waals surface area contributed by atoms with Crippen molar-refractivity contribution in [2.24, 2.45) is 0 Å². The number of nitrogens with one attached hydrogen (secondary N) is 1. The van der Waals surface area contributed by atoms with E-state index in [9.17, 15) is 5.11 Å². The van der Waals surface area contributed by atoms with E-state index in [2.05, 4.69) is 17.5 Å². The fraction of sp³-hybridized carbons (Fsp3) is 0.143. The molecule has 0 bridgehead atoms. The summed E-state index contributed by atoms with van der Waals surface area (Å²) in [6.45, 7) is 1.81. The minimum atomic E-state index is 0.179. The van der Waals surface area contributed by atoms with Crippen LogP contribution in [-0.2, 0) is 0 Å². The monoisotopic (exact) mass is 237 g/mol. The molecule has 1 heterocycles. The summed E-state index contributed by atoms with van der Waals surface area (Å²) >= 11 is 0. The molecule has 88 valence electrons. The lowest BCUT2D eigenvalue weighted by Crippen LogP contribution is -2.18. The third-order valence-electron chi connectivity index (χ3n) is 2.85. The highest BCUT2D eigenvalue weighted by Crippen LogP contribution is 2.28. The summed E-state index contributed by atoms with van der Waals surface area (Å²) in [6.07, 6.45) is 0.349. The molecule has 0 amide bonds. The van der Waals surface area contributed by atoms with Crippen LogP contribution in [0.1, 0.15) is 18.9 Å². The van der Waals surface area contributed by atoms with Crippen molar-refractivity contribution in [2.45, 2.75) is 13.3 Å². The number of benzene rings is 1. The Labute approximate surface area is 105 Å². The van der Waals surface area contributed by atoms with Crippen molar-refractivity contribution in [3.8, 4) is 17.9 Å². The molecular formula is C14H11N3O. The van der Waals surface area contributed by atoms with Gasteiger partial charge in [0.1, 0.15) is 5.75 Å². The SMILES string of the molecule is CC1=C(C#N)CC(C#N)=C(c2ccc(O)cc2)N1. The predicted molar refractivity (Wildman–Crippen MR) is 66.7 cm³/mol. The molecule has 0 radical (unpaired) electrons. The van der Waals surface area contributed by atoms with Crippen molar-refractivity contribution in [1.29, 1.82) is 10.5 Å². The molecule has 2 N–H and O–H groups in total. The molecule has 18 heavy (non-hydrogen) atoms. The Hall–Kier alpha value is -2.72. The number of hydrogen-bond donors (Lipinski definition) is 2. The van der Waals surface area contributed by atoms with Crippen LogP contribution in [0.25, 0.3) is 5.70 Å². The summed E-state index contributed by atoms with van der Waals surface area (Å²) < 4.78 is 0. The second-order valence-corrected chi connectivity index (χ2v) is 4.03. The quantitative estimate of drug-likeness (QED) is 0.786. The number of aromatic hydroxyl groups is 1. The maximum atomic E-state index is 9.26. The Kier molecular flexibility index (Phi) is 3.03. The Bertz CT molecular complexity index is 624. The van der Waals surface area contributed by atoms with Gasteiger partial charge in [-0.3, -0.25) is 0 Å². The molecule has 1 aromatic rings. The van der Waals surface area contributed by atoms with Crippen molar-refractivity contribution in [3.63, 3.8) is 0 Å². The van der Waals surface area contributed by atoms with Crippen molar-refractivity contribution < 1.29 is 5.11 Å². The molecule has 1 aliphatic rings. The van der Waals surface area contributed by atoms with E-state index >= 15 is 0 Å². The highest BCUT2D eigenvalue weighted by Gasteiger charge is 2.18. The summed E-state index contributed by atoms with van der Waals surface area (Å²) in [5, 5.41) is 30.4. The number of rotatable bonds is 1. The maximum absolute atomic E-state index is 9.26. The van der Waals surface area contributed by atoms with Gasteiger partial charge in [0, 0.05) is 12.1 Å². The van der Waals surface area contributed by atoms with Crippen LogP contribution in [0.4, 0.5) is 0 Å². The van der Waals surface area contributed by atoms with E-state index in [-0.39, 0.29) is 5.75 Å². The van der Waals surface area contributed by atoms with E-state index in [1.54, 1.807) is 24.3 Å². The lowest BCUT2D eigenvalue weighted by atomic mass is 9.96. The van der Waals surface area contributed by atoms with Crippen LogP contribution < -0.4 is 5.32 Å². The lowest BCUT2D eigenvalue weighted by Gasteiger charge is -2.20. The minimum Gasteiger partial charge on any atom is -0.508 e. The molecule has 0 spiro atoms. The fourth-order valence-electron chi connectivity index (χ4n) is 1.83. The van der Waals surface area contributed by atoms with E-state index in [1.807, 2.05) is 6.92 Å². The zero-order valence-electron chi connectivity index (χ0n) is 9.86. The Balaban J connectivity index is 2.44. The molecule has 4 heteroatoms. The van der Waals surface area contributed by atoms with Gasteiger partial charge >= 0.3 is 0 Å². The van der Waals surface area contributed by atoms with Gasteiger partial charge in [-0.15, -0.1) is 0 Å². The molecule has 0 atom stereocenters. The second-order valence-electron chi connectivity index (χ2n) is 4.03.